The third-order valence-corrected chi connectivity index (χ3v) is 4.90. The summed E-state index contributed by atoms with van der Waals surface area (Å²) in [6.45, 7) is 2.29. The summed E-state index contributed by atoms with van der Waals surface area (Å²) < 4.78 is 0. The van der Waals surface area contributed by atoms with Gasteiger partial charge >= 0.3 is 0 Å². The van der Waals surface area contributed by atoms with Gasteiger partial charge in [-0.25, -0.2) is 0 Å². The number of Topliss-reactive ketones (excluding diaryl/α,β-unsaturated/α-hetero) is 1. The number of carbonyl (C=O) groups excluding carboxylic acids is 2. The maximum atomic E-state index is 12.6. The third kappa shape index (κ3) is 3.20. The van der Waals surface area contributed by atoms with E-state index in [2.05, 4.69) is 4.98 Å². The second-order valence-corrected chi connectivity index (χ2v) is 6.69. The molecule has 3 rings (SSSR count). The summed E-state index contributed by atoms with van der Waals surface area (Å²) in [6.07, 6.45) is 2.25. The molecule has 1 amide bonds. The standard InChI is InChI=1S/C19H16Cl2N2O3/c1-2-9-23-16(14-5-3-4-8-22-14)15(18(25)19(23)26)17(24)11-6-7-12(20)13(21)10-11/h3-8,10,16,24H,2,9H2,1H3/b17-15-. The van der Waals surface area contributed by atoms with Crippen LogP contribution in [0, 0.1) is 0 Å². The lowest BCUT2D eigenvalue weighted by atomic mass is 9.98. The maximum Gasteiger partial charge on any atom is 0.295 e. The number of aliphatic hydroxyl groups is 1. The number of aromatic nitrogens is 1. The molecule has 1 unspecified atom stereocenters. The lowest BCUT2D eigenvalue weighted by Gasteiger charge is -2.23. The second-order valence-electron chi connectivity index (χ2n) is 5.88. The second kappa shape index (κ2) is 7.48. The van der Waals surface area contributed by atoms with Crippen LogP contribution in [0.2, 0.25) is 10.0 Å². The number of carbonyl (C=O) groups is 2. The molecule has 1 aliphatic rings. The highest BCUT2D eigenvalue weighted by atomic mass is 35.5. The summed E-state index contributed by atoms with van der Waals surface area (Å²) in [5, 5.41) is 11.4. The Kier molecular flexibility index (Phi) is 5.30. The molecule has 134 valence electrons. The molecule has 7 heteroatoms. The number of hydrogen-bond donors (Lipinski definition) is 1. The highest BCUT2D eigenvalue weighted by molar-refractivity contribution is 6.46. The van der Waals surface area contributed by atoms with Crippen LogP contribution in [0.15, 0.2) is 48.2 Å². The van der Waals surface area contributed by atoms with Crippen LogP contribution in [0.4, 0.5) is 0 Å². The number of pyridine rings is 1. The number of aliphatic hydroxyl groups excluding tert-OH is 1. The van der Waals surface area contributed by atoms with Crippen LogP contribution >= 0.6 is 23.2 Å². The van der Waals surface area contributed by atoms with Crippen molar-refractivity contribution >= 4 is 40.7 Å². The van der Waals surface area contributed by atoms with Crippen LogP contribution in [0.1, 0.15) is 30.6 Å². The quantitative estimate of drug-likeness (QED) is 0.481. The van der Waals surface area contributed by atoms with E-state index in [1.807, 2.05) is 6.92 Å². The van der Waals surface area contributed by atoms with E-state index in [-0.39, 0.29) is 16.4 Å². The monoisotopic (exact) mass is 390 g/mol. The minimum Gasteiger partial charge on any atom is -0.507 e. The van der Waals surface area contributed by atoms with Gasteiger partial charge < -0.3 is 10.0 Å². The minimum atomic E-state index is -0.745. The van der Waals surface area contributed by atoms with Crippen LogP contribution < -0.4 is 0 Å². The first-order chi connectivity index (χ1) is 12.5. The van der Waals surface area contributed by atoms with Gasteiger partial charge in [0.1, 0.15) is 11.8 Å². The van der Waals surface area contributed by atoms with Crippen molar-refractivity contribution in [1.29, 1.82) is 0 Å². The molecular formula is C19H16Cl2N2O3. The van der Waals surface area contributed by atoms with E-state index in [9.17, 15) is 14.7 Å². The van der Waals surface area contributed by atoms with Gasteiger partial charge in [-0.3, -0.25) is 14.6 Å². The van der Waals surface area contributed by atoms with Crippen molar-refractivity contribution in [1.82, 2.24) is 9.88 Å². The number of rotatable bonds is 4. The van der Waals surface area contributed by atoms with Gasteiger partial charge in [0.05, 0.1) is 21.3 Å². The van der Waals surface area contributed by atoms with Crippen LogP contribution in [0.3, 0.4) is 0 Å². The lowest BCUT2D eigenvalue weighted by Crippen LogP contribution is -2.30. The summed E-state index contributed by atoms with van der Waals surface area (Å²) in [5.74, 6) is -1.68. The van der Waals surface area contributed by atoms with Gasteiger partial charge in [-0.1, -0.05) is 36.2 Å². The SMILES string of the molecule is CCCN1C(=O)C(=O)/C(=C(\O)c2ccc(Cl)c(Cl)c2)C1c1ccccn1. The number of amides is 1. The van der Waals surface area contributed by atoms with Gasteiger partial charge in [-0.05, 0) is 36.8 Å². The van der Waals surface area contributed by atoms with Crippen LogP contribution in [-0.2, 0) is 9.59 Å². The average Bonchev–Trinajstić information content (AvgIpc) is 2.89. The molecule has 0 radical (unpaired) electrons. The zero-order valence-electron chi connectivity index (χ0n) is 13.9. The molecular weight excluding hydrogens is 375 g/mol. The van der Waals surface area contributed by atoms with Crippen molar-refractivity contribution in [3.8, 4) is 0 Å². The molecule has 26 heavy (non-hydrogen) atoms. The topological polar surface area (TPSA) is 70.5 Å². The van der Waals surface area contributed by atoms with E-state index in [0.29, 0.717) is 29.2 Å². The molecule has 1 saturated heterocycles. The first-order valence-electron chi connectivity index (χ1n) is 8.10. The van der Waals surface area contributed by atoms with Crippen molar-refractivity contribution in [2.45, 2.75) is 19.4 Å². The number of nitrogens with zero attached hydrogens (tertiary/aromatic N) is 2. The van der Waals surface area contributed by atoms with Crippen LogP contribution in [0.25, 0.3) is 5.76 Å². The molecule has 2 heterocycles. The fourth-order valence-corrected chi connectivity index (χ4v) is 3.29. The molecule has 0 saturated carbocycles. The van der Waals surface area contributed by atoms with Crippen molar-refractivity contribution in [2.24, 2.45) is 0 Å². The Morgan fingerprint density at radius 3 is 2.58 bits per heavy atom. The molecule has 1 aliphatic heterocycles. The molecule has 1 atom stereocenters. The predicted molar refractivity (Wildman–Crippen MR) is 100.0 cm³/mol. The number of ketones is 1. The molecule has 1 fully saturated rings. The summed E-state index contributed by atoms with van der Waals surface area (Å²) in [6, 6.07) is 9.03. The largest absolute Gasteiger partial charge is 0.507 e. The summed E-state index contributed by atoms with van der Waals surface area (Å²) in [4.78, 5) is 30.9. The highest BCUT2D eigenvalue weighted by Crippen LogP contribution is 2.39. The van der Waals surface area contributed by atoms with Crippen molar-refractivity contribution in [3.05, 3.63) is 69.5 Å². The van der Waals surface area contributed by atoms with E-state index in [0.717, 1.165) is 0 Å². The van der Waals surface area contributed by atoms with Gasteiger partial charge in [0.2, 0.25) is 0 Å². The van der Waals surface area contributed by atoms with E-state index in [4.69, 9.17) is 23.2 Å². The summed E-state index contributed by atoms with van der Waals surface area (Å²) in [5.41, 5.74) is 0.831. The maximum absolute atomic E-state index is 12.6. The van der Waals surface area contributed by atoms with E-state index >= 15 is 0 Å². The average molecular weight is 391 g/mol. The molecule has 1 aromatic heterocycles. The number of halogens is 2. The smallest absolute Gasteiger partial charge is 0.295 e. The Labute approximate surface area is 160 Å². The van der Waals surface area contributed by atoms with E-state index in [1.165, 1.54) is 17.0 Å². The van der Waals surface area contributed by atoms with Gasteiger partial charge in [0.25, 0.3) is 11.7 Å². The number of benzene rings is 1. The van der Waals surface area contributed by atoms with Crippen LogP contribution in [0.5, 0.6) is 0 Å². The molecule has 0 spiro atoms. The van der Waals surface area contributed by atoms with Gasteiger partial charge in [0.15, 0.2) is 0 Å². The highest BCUT2D eigenvalue weighted by Gasteiger charge is 2.46. The first kappa shape index (κ1) is 18.4. The van der Waals surface area contributed by atoms with Gasteiger partial charge in [0, 0.05) is 18.3 Å². The summed E-state index contributed by atoms with van der Waals surface area (Å²) in [7, 11) is 0. The minimum absolute atomic E-state index is 0.000499. The fraction of sp³-hybridized carbons (Fsp3) is 0.211. The Morgan fingerprint density at radius 1 is 1.19 bits per heavy atom. The van der Waals surface area contributed by atoms with Gasteiger partial charge in [-0.2, -0.15) is 0 Å². The first-order valence-corrected chi connectivity index (χ1v) is 8.86. The molecule has 2 aromatic rings. The van der Waals surface area contributed by atoms with E-state index in [1.54, 1.807) is 30.5 Å². The van der Waals surface area contributed by atoms with Gasteiger partial charge in [-0.15, -0.1) is 0 Å². The fourth-order valence-electron chi connectivity index (χ4n) is 3.00. The predicted octanol–water partition coefficient (Wildman–Crippen LogP) is 4.22. The normalized spacial score (nSPS) is 19.2. The Morgan fingerprint density at radius 2 is 1.96 bits per heavy atom. The zero-order valence-corrected chi connectivity index (χ0v) is 15.5. The number of likely N-dealkylation sites (tertiary alicyclic amines) is 1. The summed E-state index contributed by atoms with van der Waals surface area (Å²) >= 11 is 11.9. The third-order valence-electron chi connectivity index (χ3n) is 4.17. The molecule has 1 N–H and O–H groups in total. The molecule has 5 nitrogen and oxygen atoms in total. The Bertz CT molecular complexity index is 897. The molecule has 0 bridgehead atoms. The van der Waals surface area contributed by atoms with Crippen molar-refractivity contribution in [2.75, 3.05) is 6.54 Å². The Hall–Kier alpha value is -2.37. The van der Waals surface area contributed by atoms with Crippen LogP contribution in [-0.4, -0.2) is 33.2 Å². The van der Waals surface area contributed by atoms with Crippen molar-refractivity contribution < 1.29 is 14.7 Å². The number of hydrogen-bond acceptors (Lipinski definition) is 4. The zero-order chi connectivity index (χ0) is 18.8. The lowest BCUT2D eigenvalue weighted by molar-refractivity contribution is -0.139. The Balaban J connectivity index is 2.19. The molecule has 1 aromatic carbocycles. The molecule has 0 aliphatic carbocycles. The van der Waals surface area contributed by atoms with Crippen molar-refractivity contribution in [3.63, 3.8) is 0 Å². The van der Waals surface area contributed by atoms with E-state index < -0.39 is 17.7 Å².